The lowest BCUT2D eigenvalue weighted by atomic mass is 9.72. The number of carbonyl (C=O) groups is 1. The van der Waals surface area contributed by atoms with Crippen LogP contribution >= 0.6 is 0 Å². The van der Waals surface area contributed by atoms with Crippen molar-refractivity contribution in [3.63, 3.8) is 0 Å². The van der Waals surface area contributed by atoms with Crippen molar-refractivity contribution in [1.82, 2.24) is 14.9 Å². The van der Waals surface area contributed by atoms with Crippen molar-refractivity contribution in [3.05, 3.63) is 58.5 Å². The van der Waals surface area contributed by atoms with E-state index in [-0.39, 0.29) is 28.7 Å². The summed E-state index contributed by atoms with van der Waals surface area (Å²) in [4.78, 5) is 23.3. The van der Waals surface area contributed by atoms with E-state index in [9.17, 15) is 26.4 Å². The van der Waals surface area contributed by atoms with Crippen molar-refractivity contribution in [2.24, 2.45) is 10.8 Å². The number of likely N-dealkylation sites (tertiary alicyclic amines) is 1. The Labute approximate surface area is 304 Å². The highest BCUT2D eigenvalue weighted by atomic mass is 32.2. The highest BCUT2D eigenvalue weighted by Gasteiger charge is 2.50. The summed E-state index contributed by atoms with van der Waals surface area (Å²) in [6, 6.07) is 7.30. The molecule has 2 spiro atoms. The summed E-state index contributed by atoms with van der Waals surface area (Å²) in [5.74, 6) is 0.542. The van der Waals surface area contributed by atoms with Crippen LogP contribution in [-0.4, -0.2) is 47.0 Å². The Morgan fingerprint density at radius 1 is 0.808 bits per heavy atom. The Balaban J connectivity index is 1.20. The maximum absolute atomic E-state index is 13.5. The summed E-state index contributed by atoms with van der Waals surface area (Å²) in [7, 11) is -5.81. The van der Waals surface area contributed by atoms with Crippen molar-refractivity contribution in [1.29, 1.82) is 0 Å². The molecule has 0 bridgehead atoms. The van der Waals surface area contributed by atoms with E-state index in [4.69, 9.17) is 13.9 Å². The zero-order valence-corrected chi connectivity index (χ0v) is 31.1. The summed E-state index contributed by atoms with van der Waals surface area (Å²) >= 11 is 0. The van der Waals surface area contributed by atoms with E-state index >= 15 is 0 Å². The Kier molecular flexibility index (Phi) is 8.54. The van der Waals surface area contributed by atoms with Crippen molar-refractivity contribution < 1.29 is 35.3 Å². The molecule has 0 radical (unpaired) electrons. The second kappa shape index (κ2) is 12.5. The van der Waals surface area contributed by atoms with Gasteiger partial charge in [0.2, 0.25) is 0 Å². The van der Waals surface area contributed by atoms with Gasteiger partial charge in [0.15, 0.2) is 0 Å². The first kappa shape index (κ1) is 35.5. The highest BCUT2D eigenvalue weighted by molar-refractivity contribution is 7.88. The lowest BCUT2D eigenvalue weighted by Gasteiger charge is -2.33. The summed E-state index contributed by atoms with van der Waals surface area (Å²) in [5, 5.41) is 0. The first-order valence-electron chi connectivity index (χ1n) is 18.9. The molecule has 1 atom stereocenters. The predicted molar refractivity (Wildman–Crippen MR) is 191 cm³/mol. The molecule has 1 aromatic heterocycles. The Morgan fingerprint density at radius 3 is 1.96 bits per heavy atom. The molecule has 1 N–H and O–H groups in total. The number of amides is 1. The van der Waals surface area contributed by atoms with Crippen LogP contribution in [-0.2, 0) is 40.5 Å². The minimum atomic E-state index is -5.81. The van der Waals surface area contributed by atoms with Crippen LogP contribution in [0.25, 0.3) is 22.4 Å². The van der Waals surface area contributed by atoms with Gasteiger partial charge in [0.25, 0.3) is 0 Å². The van der Waals surface area contributed by atoms with Gasteiger partial charge in [0.1, 0.15) is 17.2 Å². The quantitative estimate of drug-likeness (QED) is 0.207. The number of benzene rings is 2. The van der Waals surface area contributed by atoms with Gasteiger partial charge in [-0.1, -0.05) is 50.3 Å². The molecule has 1 amide bonds. The number of nitrogens with zero attached hydrogens (tertiary/aromatic N) is 2. The van der Waals surface area contributed by atoms with Crippen LogP contribution in [0, 0.1) is 10.8 Å². The Bertz CT molecular complexity index is 2000. The van der Waals surface area contributed by atoms with Gasteiger partial charge in [0, 0.05) is 17.7 Å². The van der Waals surface area contributed by atoms with Gasteiger partial charge in [-0.2, -0.15) is 21.6 Å². The van der Waals surface area contributed by atoms with Crippen LogP contribution in [0.4, 0.5) is 18.0 Å². The minimum absolute atomic E-state index is 0.0913. The first-order chi connectivity index (χ1) is 24.6. The molecule has 8 nitrogen and oxygen atoms in total. The third kappa shape index (κ3) is 6.30. The largest absolute Gasteiger partial charge is 0.534 e. The fraction of sp³-hybridized carbons (Fsp3) is 0.600. The number of nitrogens with one attached hydrogen (secondary N) is 1. The van der Waals surface area contributed by atoms with Gasteiger partial charge in [0.05, 0.1) is 17.9 Å². The Hall–Kier alpha value is -3.54. The van der Waals surface area contributed by atoms with Crippen LogP contribution < -0.4 is 4.18 Å². The maximum Gasteiger partial charge on any atom is 0.534 e. The molecule has 2 aromatic carbocycles. The monoisotopic (exact) mass is 739 g/mol. The smallest absolute Gasteiger partial charge is 0.444 e. The van der Waals surface area contributed by atoms with Gasteiger partial charge >= 0.3 is 21.7 Å². The van der Waals surface area contributed by atoms with E-state index in [1.807, 2.05) is 27.0 Å². The summed E-state index contributed by atoms with van der Waals surface area (Å²) in [6.45, 7) is 6.21. The molecule has 2 heterocycles. The van der Waals surface area contributed by atoms with Crippen LogP contribution in [0.15, 0.2) is 30.5 Å². The molecule has 0 unspecified atom stereocenters. The third-order valence-corrected chi connectivity index (χ3v) is 13.4. The van der Waals surface area contributed by atoms with Crippen molar-refractivity contribution in [3.8, 4) is 28.1 Å². The molecule has 1 saturated heterocycles. The maximum atomic E-state index is 13.5. The van der Waals surface area contributed by atoms with Crippen LogP contribution in [0.2, 0.25) is 0 Å². The first-order valence-corrected chi connectivity index (χ1v) is 20.3. The van der Waals surface area contributed by atoms with E-state index in [1.54, 1.807) is 11.0 Å². The van der Waals surface area contributed by atoms with E-state index in [0.29, 0.717) is 24.9 Å². The van der Waals surface area contributed by atoms with E-state index in [1.165, 1.54) is 36.5 Å². The Morgan fingerprint density at radius 2 is 1.35 bits per heavy atom. The van der Waals surface area contributed by atoms with Crippen molar-refractivity contribution >= 4 is 16.2 Å². The second-order valence-electron chi connectivity index (χ2n) is 17.2. The standard InChI is InChI=1S/C40H48F3N3O5S/c1-37(2,3)50-36(47)46-19-9-10-33(46)35-44-24-32(45-35)27-12-11-25(28-20-38(22-30(27)28)15-5-4-6-16-38)26-13-14-34(51-52(48,49)40(41,42)43)31-23-39(21-29(26)31)17-7-8-18-39/h11-14,24,33H,4-10,15-23H2,1-3H3,(H,44,45)/t33-/m0/s1. The number of ether oxygens (including phenoxy) is 1. The summed E-state index contributed by atoms with van der Waals surface area (Å²) < 4.78 is 75.4. The zero-order chi connectivity index (χ0) is 36.7. The molecule has 4 aliphatic carbocycles. The van der Waals surface area contributed by atoms with Gasteiger partial charge in [-0.05, 0) is 130 Å². The van der Waals surface area contributed by atoms with E-state index in [2.05, 4.69) is 17.1 Å². The lowest BCUT2D eigenvalue weighted by molar-refractivity contribution is -0.0500. The molecule has 2 saturated carbocycles. The van der Waals surface area contributed by atoms with E-state index in [0.717, 1.165) is 98.0 Å². The molecule has 1 aliphatic heterocycles. The van der Waals surface area contributed by atoms with Crippen LogP contribution in [0.1, 0.15) is 126 Å². The molecule has 280 valence electrons. The van der Waals surface area contributed by atoms with Crippen LogP contribution in [0.3, 0.4) is 0 Å². The normalized spacial score (nSPS) is 22.3. The molecule has 3 fully saturated rings. The lowest BCUT2D eigenvalue weighted by Crippen LogP contribution is -2.36. The predicted octanol–water partition coefficient (Wildman–Crippen LogP) is 9.75. The number of hydrogen-bond acceptors (Lipinski definition) is 6. The highest BCUT2D eigenvalue weighted by Crippen LogP contribution is 2.56. The molecule has 8 rings (SSSR count). The van der Waals surface area contributed by atoms with Crippen molar-refractivity contribution in [2.75, 3.05) is 6.54 Å². The fourth-order valence-corrected chi connectivity index (χ4v) is 10.6. The molecule has 3 aromatic rings. The average Bonchev–Trinajstić information content (AvgIpc) is 3.90. The number of hydrogen-bond donors (Lipinski definition) is 1. The number of imidazole rings is 1. The van der Waals surface area contributed by atoms with Gasteiger partial charge in [-0.15, -0.1) is 0 Å². The average molecular weight is 740 g/mol. The number of rotatable bonds is 5. The topological polar surface area (TPSA) is 102 Å². The molecular weight excluding hydrogens is 692 g/mol. The fourth-order valence-electron chi connectivity index (χ4n) is 10.2. The summed E-state index contributed by atoms with van der Waals surface area (Å²) in [6.07, 6.45) is 16.2. The van der Waals surface area contributed by atoms with E-state index < -0.39 is 21.2 Å². The second-order valence-corrected chi connectivity index (χ2v) is 18.7. The number of carbonyl (C=O) groups excluding carboxylic acids is 1. The molecule has 12 heteroatoms. The number of aromatic amines is 1. The van der Waals surface area contributed by atoms with Gasteiger partial charge in [-0.3, -0.25) is 4.90 Å². The SMILES string of the molecule is CC(C)(C)OC(=O)N1CCC[C@H]1c1ncc(-c2ccc(-c3ccc(OS(=O)(=O)C(F)(F)F)c4c3CC3(CCCC3)C4)c3c2CC2(CCCCC2)C3)[nH]1. The van der Waals surface area contributed by atoms with Gasteiger partial charge < -0.3 is 13.9 Å². The van der Waals surface area contributed by atoms with Gasteiger partial charge in [-0.25, -0.2) is 9.78 Å². The number of aromatic nitrogens is 2. The number of fused-ring (bicyclic) bond motifs is 2. The molecule has 5 aliphatic rings. The number of halogens is 3. The minimum Gasteiger partial charge on any atom is -0.444 e. The van der Waals surface area contributed by atoms with Crippen molar-refractivity contribution in [2.45, 2.75) is 134 Å². The molecule has 52 heavy (non-hydrogen) atoms. The summed E-state index contributed by atoms with van der Waals surface area (Å²) in [5.41, 5.74) is 2.03. The molecular formula is C40H48F3N3O5S. The number of alkyl halides is 3. The zero-order valence-electron chi connectivity index (χ0n) is 30.3. The third-order valence-electron chi connectivity index (χ3n) is 12.5. The number of H-pyrrole nitrogens is 1. The van der Waals surface area contributed by atoms with Crippen LogP contribution in [0.5, 0.6) is 5.75 Å².